The predicted molar refractivity (Wildman–Crippen MR) is 66.3 cm³/mol. The number of amides is 1. The highest BCUT2D eigenvalue weighted by molar-refractivity contribution is 5.94. The standard InChI is InChI=1S/C13H16N2O2/c1-10(16)11-2-4-12(5-3-11)15-8-6-13(17)14-7-9-15/h2-5H,6-9H2,1H3,(H,14,17). The maximum absolute atomic E-state index is 11.2. The Hall–Kier alpha value is -1.84. The van der Waals surface area contributed by atoms with Gasteiger partial charge in [0, 0.05) is 37.3 Å². The van der Waals surface area contributed by atoms with Crippen LogP contribution in [0.3, 0.4) is 0 Å². The first-order valence-electron chi connectivity index (χ1n) is 5.79. The average molecular weight is 232 g/mol. The SMILES string of the molecule is CC(=O)c1ccc(N2CCNC(=O)CC2)cc1. The summed E-state index contributed by atoms with van der Waals surface area (Å²) < 4.78 is 0. The van der Waals surface area contributed by atoms with Crippen LogP contribution in [0.4, 0.5) is 5.69 Å². The highest BCUT2D eigenvalue weighted by Crippen LogP contribution is 2.16. The normalized spacial score (nSPS) is 16.3. The second-order valence-electron chi connectivity index (χ2n) is 4.19. The van der Waals surface area contributed by atoms with Crippen LogP contribution in [0.15, 0.2) is 24.3 Å². The molecule has 1 N–H and O–H groups in total. The molecule has 90 valence electrons. The number of anilines is 1. The Kier molecular flexibility index (Phi) is 3.42. The summed E-state index contributed by atoms with van der Waals surface area (Å²) in [5, 5.41) is 2.84. The highest BCUT2D eigenvalue weighted by Gasteiger charge is 2.13. The number of hydrogen-bond acceptors (Lipinski definition) is 3. The zero-order valence-electron chi connectivity index (χ0n) is 9.90. The lowest BCUT2D eigenvalue weighted by atomic mass is 10.1. The van der Waals surface area contributed by atoms with Gasteiger partial charge in [-0.05, 0) is 31.2 Å². The molecule has 1 heterocycles. The molecule has 2 rings (SSSR count). The molecule has 1 aromatic carbocycles. The van der Waals surface area contributed by atoms with Gasteiger partial charge in [-0.2, -0.15) is 0 Å². The summed E-state index contributed by atoms with van der Waals surface area (Å²) in [6, 6.07) is 7.54. The molecule has 0 unspecified atom stereocenters. The van der Waals surface area contributed by atoms with E-state index in [1.165, 1.54) is 0 Å². The Morgan fingerprint density at radius 2 is 1.94 bits per heavy atom. The number of Topliss-reactive ketones (excluding diaryl/α,β-unsaturated/α-hetero) is 1. The summed E-state index contributed by atoms with van der Waals surface area (Å²) in [5.74, 6) is 0.178. The molecule has 17 heavy (non-hydrogen) atoms. The topological polar surface area (TPSA) is 49.4 Å². The van der Waals surface area contributed by atoms with Gasteiger partial charge in [0.05, 0.1) is 0 Å². The van der Waals surface area contributed by atoms with Crippen molar-refractivity contribution in [1.29, 1.82) is 0 Å². The molecular formula is C13H16N2O2. The Morgan fingerprint density at radius 3 is 2.59 bits per heavy atom. The number of carbonyl (C=O) groups is 2. The minimum Gasteiger partial charge on any atom is -0.369 e. The first kappa shape index (κ1) is 11.6. The van der Waals surface area contributed by atoms with Gasteiger partial charge < -0.3 is 10.2 Å². The number of carbonyl (C=O) groups excluding carboxylic acids is 2. The molecule has 0 saturated carbocycles. The summed E-state index contributed by atoms with van der Waals surface area (Å²) >= 11 is 0. The van der Waals surface area contributed by atoms with Crippen LogP contribution in [0.2, 0.25) is 0 Å². The summed E-state index contributed by atoms with van der Waals surface area (Å²) in [6.07, 6.45) is 0.522. The Morgan fingerprint density at radius 1 is 1.24 bits per heavy atom. The quantitative estimate of drug-likeness (QED) is 0.780. The molecule has 1 aliphatic rings. The van der Waals surface area contributed by atoms with Gasteiger partial charge in [0.15, 0.2) is 5.78 Å². The molecule has 0 radical (unpaired) electrons. The van der Waals surface area contributed by atoms with Crippen LogP contribution in [0, 0.1) is 0 Å². The van der Waals surface area contributed by atoms with E-state index in [0.29, 0.717) is 13.0 Å². The third-order valence-electron chi connectivity index (χ3n) is 2.95. The van der Waals surface area contributed by atoms with Crippen molar-refractivity contribution in [3.8, 4) is 0 Å². The fraction of sp³-hybridized carbons (Fsp3) is 0.385. The van der Waals surface area contributed by atoms with E-state index < -0.39 is 0 Å². The van der Waals surface area contributed by atoms with Crippen molar-refractivity contribution in [1.82, 2.24) is 5.32 Å². The van der Waals surface area contributed by atoms with Crippen LogP contribution in [-0.4, -0.2) is 31.3 Å². The molecule has 1 fully saturated rings. The fourth-order valence-corrected chi connectivity index (χ4v) is 1.93. The van der Waals surface area contributed by atoms with E-state index in [1.54, 1.807) is 6.92 Å². The van der Waals surface area contributed by atoms with Gasteiger partial charge in [-0.3, -0.25) is 9.59 Å². The maximum Gasteiger partial charge on any atom is 0.221 e. The van der Waals surface area contributed by atoms with Crippen molar-refractivity contribution in [2.45, 2.75) is 13.3 Å². The Labute approximate surface area is 101 Å². The lowest BCUT2D eigenvalue weighted by molar-refractivity contribution is -0.120. The largest absolute Gasteiger partial charge is 0.369 e. The van der Waals surface area contributed by atoms with Crippen LogP contribution in [0.5, 0.6) is 0 Å². The van der Waals surface area contributed by atoms with Crippen molar-refractivity contribution in [3.05, 3.63) is 29.8 Å². The molecule has 0 spiro atoms. The number of nitrogens with one attached hydrogen (secondary N) is 1. The number of nitrogens with zero attached hydrogens (tertiary/aromatic N) is 1. The molecular weight excluding hydrogens is 216 g/mol. The van der Waals surface area contributed by atoms with Gasteiger partial charge in [-0.15, -0.1) is 0 Å². The van der Waals surface area contributed by atoms with E-state index in [2.05, 4.69) is 10.2 Å². The van der Waals surface area contributed by atoms with Crippen LogP contribution in [0.25, 0.3) is 0 Å². The second-order valence-corrected chi connectivity index (χ2v) is 4.19. The third kappa shape index (κ3) is 2.84. The maximum atomic E-state index is 11.2. The van der Waals surface area contributed by atoms with E-state index >= 15 is 0 Å². The van der Waals surface area contributed by atoms with Gasteiger partial charge in [-0.25, -0.2) is 0 Å². The highest BCUT2D eigenvalue weighted by atomic mass is 16.1. The van der Waals surface area contributed by atoms with Crippen molar-refractivity contribution in [3.63, 3.8) is 0 Å². The average Bonchev–Trinajstić information content (AvgIpc) is 2.54. The van der Waals surface area contributed by atoms with Gasteiger partial charge in [0.25, 0.3) is 0 Å². The molecule has 0 bridgehead atoms. The van der Waals surface area contributed by atoms with Crippen LogP contribution >= 0.6 is 0 Å². The fourth-order valence-electron chi connectivity index (χ4n) is 1.93. The Bertz CT molecular complexity index is 426. The van der Waals surface area contributed by atoms with E-state index in [4.69, 9.17) is 0 Å². The van der Waals surface area contributed by atoms with Crippen LogP contribution < -0.4 is 10.2 Å². The van der Waals surface area contributed by atoms with E-state index in [9.17, 15) is 9.59 Å². The van der Waals surface area contributed by atoms with E-state index in [-0.39, 0.29) is 11.7 Å². The Balaban J connectivity index is 2.11. The number of hydrogen-bond donors (Lipinski definition) is 1. The van der Waals surface area contributed by atoms with E-state index in [0.717, 1.165) is 24.3 Å². The van der Waals surface area contributed by atoms with Gasteiger partial charge in [-0.1, -0.05) is 0 Å². The smallest absolute Gasteiger partial charge is 0.221 e. The zero-order valence-corrected chi connectivity index (χ0v) is 9.90. The lowest BCUT2D eigenvalue weighted by Gasteiger charge is -2.21. The molecule has 1 amide bonds. The molecule has 1 aromatic rings. The molecule has 0 atom stereocenters. The first-order chi connectivity index (χ1) is 8.16. The minimum atomic E-state index is 0.0734. The molecule has 4 nitrogen and oxygen atoms in total. The van der Waals surface area contributed by atoms with Crippen LogP contribution in [0.1, 0.15) is 23.7 Å². The third-order valence-corrected chi connectivity index (χ3v) is 2.95. The first-order valence-corrected chi connectivity index (χ1v) is 5.79. The number of rotatable bonds is 2. The zero-order chi connectivity index (χ0) is 12.3. The number of benzene rings is 1. The molecule has 1 aliphatic heterocycles. The van der Waals surface area contributed by atoms with E-state index in [1.807, 2.05) is 24.3 Å². The summed E-state index contributed by atoms with van der Waals surface area (Å²) in [7, 11) is 0. The summed E-state index contributed by atoms with van der Waals surface area (Å²) in [6.45, 7) is 3.77. The van der Waals surface area contributed by atoms with Crippen molar-refractivity contribution < 1.29 is 9.59 Å². The second kappa shape index (κ2) is 4.99. The summed E-state index contributed by atoms with van der Waals surface area (Å²) in [4.78, 5) is 24.5. The van der Waals surface area contributed by atoms with Gasteiger partial charge in [0.1, 0.15) is 0 Å². The molecule has 4 heteroatoms. The summed E-state index contributed by atoms with van der Waals surface area (Å²) in [5.41, 5.74) is 1.78. The minimum absolute atomic E-state index is 0.0734. The monoisotopic (exact) mass is 232 g/mol. The molecule has 0 aliphatic carbocycles. The van der Waals surface area contributed by atoms with Gasteiger partial charge in [0.2, 0.25) is 5.91 Å². The van der Waals surface area contributed by atoms with Gasteiger partial charge >= 0.3 is 0 Å². The lowest BCUT2D eigenvalue weighted by Crippen LogP contribution is -2.28. The molecule has 0 aromatic heterocycles. The predicted octanol–water partition coefficient (Wildman–Crippen LogP) is 1.22. The van der Waals surface area contributed by atoms with Crippen molar-refractivity contribution >= 4 is 17.4 Å². The van der Waals surface area contributed by atoms with Crippen molar-refractivity contribution in [2.24, 2.45) is 0 Å². The molecule has 1 saturated heterocycles. The van der Waals surface area contributed by atoms with Crippen molar-refractivity contribution in [2.75, 3.05) is 24.5 Å². The van der Waals surface area contributed by atoms with Crippen LogP contribution in [-0.2, 0) is 4.79 Å². The number of ketones is 1.